The molecule has 0 aromatic carbocycles. The Bertz CT molecular complexity index is 672. The van der Waals surface area contributed by atoms with Crippen LogP contribution in [0.3, 0.4) is 0 Å². The molecule has 0 fully saturated rings. The van der Waals surface area contributed by atoms with Gasteiger partial charge in [0, 0.05) is 38.6 Å². The molecule has 0 saturated heterocycles. The molecule has 2 heterocycles. The maximum atomic E-state index is 12.0. The van der Waals surface area contributed by atoms with E-state index in [9.17, 15) is 4.79 Å². The number of aryl methyl sites for hydroxylation is 1. The number of rotatable bonds is 7. The van der Waals surface area contributed by atoms with Gasteiger partial charge in [-0.05, 0) is 24.8 Å². The highest BCUT2D eigenvalue weighted by Gasteiger charge is 2.11. The number of carbonyl (C=O) groups excluding carboxylic acids is 1. The highest BCUT2D eigenvalue weighted by atomic mass is 127. The van der Waals surface area contributed by atoms with Gasteiger partial charge in [-0.1, -0.05) is 6.07 Å². The molecule has 1 amide bonds. The van der Waals surface area contributed by atoms with Crippen molar-refractivity contribution in [3.63, 3.8) is 0 Å². The number of likely N-dealkylation sites (N-methyl/N-ethyl adjacent to an activating group) is 1. The molecule has 2 N–H and O–H groups in total. The lowest BCUT2D eigenvalue weighted by Gasteiger charge is -2.21. The normalized spacial score (nSPS) is 10.9. The molecule has 138 valence electrons. The zero-order valence-corrected chi connectivity index (χ0v) is 18.6. The molecule has 2 aromatic heterocycles. The quantitative estimate of drug-likeness (QED) is 0.269. The van der Waals surface area contributed by atoms with Gasteiger partial charge in [0.2, 0.25) is 0 Å². The van der Waals surface area contributed by atoms with E-state index in [-0.39, 0.29) is 29.9 Å². The summed E-state index contributed by atoms with van der Waals surface area (Å²) < 4.78 is 0. The predicted octanol–water partition coefficient (Wildman–Crippen LogP) is 2.61. The fourth-order valence-electron chi connectivity index (χ4n) is 2.17. The number of hydrogen-bond donors (Lipinski definition) is 2. The lowest BCUT2D eigenvalue weighted by atomic mass is 10.3. The Hall–Kier alpha value is -1.20. The van der Waals surface area contributed by atoms with Crippen LogP contribution in [0.2, 0.25) is 0 Å². The van der Waals surface area contributed by atoms with Gasteiger partial charge in [0.25, 0.3) is 5.91 Å². The van der Waals surface area contributed by atoms with Crippen molar-refractivity contribution < 1.29 is 4.79 Å². The third-order valence-electron chi connectivity index (χ3n) is 3.49. The summed E-state index contributed by atoms with van der Waals surface area (Å²) in [6.45, 7) is 3.90. The average Bonchev–Trinajstić information content (AvgIpc) is 3.24. The van der Waals surface area contributed by atoms with Gasteiger partial charge >= 0.3 is 0 Å². The molecule has 6 nitrogen and oxygen atoms in total. The molecule has 0 aliphatic heterocycles. The molecule has 0 atom stereocenters. The number of amides is 1. The summed E-state index contributed by atoms with van der Waals surface area (Å²) in [6, 6.07) is 4.21. The van der Waals surface area contributed by atoms with Crippen LogP contribution < -0.4 is 10.6 Å². The Morgan fingerprint density at radius 1 is 1.32 bits per heavy atom. The van der Waals surface area contributed by atoms with Crippen molar-refractivity contribution in [1.29, 1.82) is 0 Å². The van der Waals surface area contributed by atoms with Gasteiger partial charge in [-0.2, -0.15) is 0 Å². The van der Waals surface area contributed by atoms with Crippen molar-refractivity contribution in [3.05, 3.63) is 38.5 Å². The zero-order chi connectivity index (χ0) is 17.4. The van der Waals surface area contributed by atoms with Crippen LogP contribution in [0.5, 0.6) is 0 Å². The summed E-state index contributed by atoms with van der Waals surface area (Å²) >= 11 is 3.13. The third kappa shape index (κ3) is 6.90. The number of guanidine groups is 1. The third-order valence-corrected chi connectivity index (χ3v) is 5.36. The Balaban J connectivity index is 0.00000312. The van der Waals surface area contributed by atoms with E-state index in [2.05, 4.69) is 43.0 Å². The summed E-state index contributed by atoms with van der Waals surface area (Å²) in [4.78, 5) is 24.5. The second-order valence-corrected chi connectivity index (χ2v) is 7.13. The smallest absolute Gasteiger partial charge is 0.263 e. The zero-order valence-electron chi connectivity index (χ0n) is 14.6. The number of nitrogens with one attached hydrogen (secondary N) is 2. The van der Waals surface area contributed by atoms with E-state index in [1.165, 1.54) is 16.2 Å². The first-order chi connectivity index (χ1) is 11.6. The Morgan fingerprint density at radius 3 is 2.68 bits per heavy atom. The van der Waals surface area contributed by atoms with Gasteiger partial charge in [0.05, 0.1) is 11.2 Å². The number of thiophene rings is 1. The van der Waals surface area contributed by atoms with Gasteiger partial charge in [-0.3, -0.25) is 9.79 Å². The van der Waals surface area contributed by atoms with Gasteiger partial charge in [0.15, 0.2) is 5.96 Å². The number of aromatic nitrogens is 1. The molecule has 9 heteroatoms. The first kappa shape index (κ1) is 21.8. The predicted molar refractivity (Wildman–Crippen MR) is 117 cm³/mol. The molecule has 25 heavy (non-hydrogen) atoms. The summed E-state index contributed by atoms with van der Waals surface area (Å²) in [5.41, 5.74) is 2.46. The second kappa shape index (κ2) is 11.4. The number of halogens is 1. The minimum Gasteiger partial charge on any atom is -0.354 e. The molecular weight excluding hydrogens is 469 g/mol. The van der Waals surface area contributed by atoms with Crippen LogP contribution in [0.1, 0.15) is 20.2 Å². The number of hydrogen-bond acceptors (Lipinski definition) is 5. The molecule has 2 aromatic rings. The maximum Gasteiger partial charge on any atom is 0.263 e. The number of thiazole rings is 1. The molecule has 0 spiro atoms. The van der Waals surface area contributed by atoms with Gasteiger partial charge < -0.3 is 15.5 Å². The average molecular weight is 493 g/mol. The lowest BCUT2D eigenvalue weighted by molar-refractivity contribution is 0.0957. The van der Waals surface area contributed by atoms with E-state index >= 15 is 0 Å². The molecule has 0 unspecified atom stereocenters. The van der Waals surface area contributed by atoms with E-state index in [4.69, 9.17) is 0 Å². The Morgan fingerprint density at radius 2 is 2.08 bits per heavy atom. The summed E-state index contributed by atoms with van der Waals surface area (Å²) in [5.74, 6) is 0.757. The molecular formula is C16H24IN5OS2. The molecule has 0 aliphatic carbocycles. The van der Waals surface area contributed by atoms with Crippen molar-refractivity contribution >= 4 is 58.5 Å². The first-order valence-corrected chi connectivity index (χ1v) is 9.50. The molecule has 0 radical (unpaired) electrons. The topological polar surface area (TPSA) is 69.6 Å². The van der Waals surface area contributed by atoms with Crippen molar-refractivity contribution in [1.82, 2.24) is 20.5 Å². The Kier molecular flexibility index (Phi) is 9.98. The van der Waals surface area contributed by atoms with E-state index in [0.29, 0.717) is 18.0 Å². The summed E-state index contributed by atoms with van der Waals surface area (Å²) in [5, 5.41) is 8.26. The van der Waals surface area contributed by atoms with Crippen molar-refractivity contribution in [3.8, 4) is 0 Å². The SMILES string of the molecule is CN=C(NCCNC(=O)c1scnc1C)N(C)CCc1cccs1.I. The van der Waals surface area contributed by atoms with Crippen molar-refractivity contribution in [2.24, 2.45) is 4.99 Å². The van der Waals surface area contributed by atoms with Gasteiger partial charge in [-0.25, -0.2) is 4.98 Å². The minimum absolute atomic E-state index is 0. The van der Waals surface area contributed by atoms with Crippen LogP contribution >= 0.6 is 46.7 Å². The highest BCUT2D eigenvalue weighted by Crippen LogP contribution is 2.11. The number of nitrogens with zero attached hydrogens (tertiary/aromatic N) is 3. The fourth-order valence-corrected chi connectivity index (χ4v) is 3.59. The van der Waals surface area contributed by atoms with Gasteiger partial charge in [-0.15, -0.1) is 46.7 Å². The fraction of sp³-hybridized carbons (Fsp3) is 0.438. The largest absolute Gasteiger partial charge is 0.354 e. The Labute approximate surface area is 173 Å². The minimum atomic E-state index is -0.0714. The van der Waals surface area contributed by atoms with Crippen LogP contribution in [-0.4, -0.2) is 55.5 Å². The van der Waals surface area contributed by atoms with Crippen molar-refractivity contribution in [2.75, 3.05) is 33.7 Å². The maximum absolute atomic E-state index is 12.0. The first-order valence-electron chi connectivity index (χ1n) is 7.74. The lowest BCUT2D eigenvalue weighted by Crippen LogP contribution is -2.43. The van der Waals surface area contributed by atoms with Crippen LogP contribution in [0.4, 0.5) is 0 Å². The van der Waals surface area contributed by atoms with E-state index in [0.717, 1.165) is 24.6 Å². The van der Waals surface area contributed by atoms with Gasteiger partial charge in [0.1, 0.15) is 4.88 Å². The number of carbonyl (C=O) groups is 1. The van der Waals surface area contributed by atoms with Crippen LogP contribution in [0.15, 0.2) is 28.0 Å². The molecule has 0 bridgehead atoms. The monoisotopic (exact) mass is 493 g/mol. The van der Waals surface area contributed by atoms with E-state index in [1.54, 1.807) is 23.9 Å². The van der Waals surface area contributed by atoms with Crippen molar-refractivity contribution in [2.45, 2.75) is 13.3 Å². The summed E-state index contributed by atoms with van der Waals surface area (Å²) in [6.07, 6.45) is 0.996. The number of aliphatic imine (C=N–C) groups is 1. The van der Waals surface area contributed by atoms with E-state index in [1.807, 2.05) is 14.0 Å². The highest BCUT2D eigenvalue weighted by molar-refractivity contribution is 14.0. The molecule has 0 saturated carbocycles. The standard InChI is InChI=1S/C16H23N5OS2.HI/c1-12-14(24-11-20-12)15(22)18-7-8-19-16(17-2)21(3)9-6-13-5-4-10-23-13;/h4-5,10-11H,6-9H2,1-3H3,(H,17,19)(H,18,22);1H. The van der Waals surface area contributed by atoms with E-state index < -0.39 is 0 Å². The second-order valence-electron chi connectivity index (χ2n) is 5.25. The van der Waals surface area contributed by atoms with Crippen LogP contribution in [-0.2, 0) is 6.42 Å². The van der Waals surface area contributed by atoms with Crippen LogP contribution in [0, 0.1) is 6.92 Å². The molecule has 2 rings (SSSR count). The molecule has 0 aliphatic rings. The van der Waals surface area contributed by atoms with Crippen LogP contribution in [0.25, 0.3) is 0 Å². The summed E-state index contributed by atoms with van der Waals surface area (Å²) in [7, 11) is 3.78.